The summed E-state index contributed by atoms with van der Waals surface area (Å²) in [4.78, 5) is 40.1. The molecule has 0 aromatic heterocycles. The van der Waals surface area contributed by atoms with Crippen LogP contribution in [0.5, 0.6) is 0 Å². The van der Waals surface area contributed by atoms with E-state index in [9.17, 15) is 18.8 Å². The molecule has 7 heteroatoms. The van der Waals surface area contributed by atoms with Crippen molar-refractivity contribution in [2.24, 2.45) is 5.92 Å². The first kappa shape index (κ1) is 25.1. The lowest BCUT2D eigenvalue weighted by atomic mass is 9.83. The number of hydrogen-bond donors (Lipinski definition) is 1. The molecule has 2 amide bonds. The second-order valence-corrected chi connectivity index (χ2v) is 8.81. The quantitative estimate of drug-likeness (QED) is 0.579. The summed E-state index contributed by atoms with van der Waals surface area (Å²) in [5.41, 5.74) is 2.85. The van der Waals surface area contributed by atoms with Gasteiger partial charge in [-0.2, -0.15) is 0 Å². The number of allylic oxidation sites excluding steroid dienone is 1. The van der Waals surface area contributed by atoms with Gasteiger partial charge in [0.1, 0.15) is 5.82 Å². The third kappa shape index (κ3) is 5.90. The van der Waals surface area contributed by atoms with E-state index in [1.54, 1.807) is 49.1 Å². The minimum Gasteiger partial charge on any atom is -0.463 e. The Bertz CT molecular complexity index is 1090. The van der Waals surface area contributed by atoms with Crippen molar-refractivity contribution >= 4 is 17.8 Å². The van der Waals surface area contributed by atoms with Gasteiger partial charge >= 0.3 is 5.97 Å². The van der Waals surface area contributed by atoms with Crippen LogP contribution in [0.4, 0.5) is 4.39 Å². The summed E-state index contributed by atoms with van der Waals surface area (Å²) in [7, 11) is 0. The number of carbonyl (C=O) groups excluding carboxylic acids is 3. The Balaban J connectivity index is 1.92. The molecule has 2 aromatic rings. The first-order chi connectivity index (χ1) is 16.2. The highest BCUT2D eigenvalue weighted by Gasteiger charge is 2.37. The zero-order chi connectivity index (χ0) is 24.8. The van der Waals surface area contributed by atoms with Crippen LogP contribution >= 0.6 is 0 Å². The highest BCUT2D eigenvalue weighted by atomic mass is 19.1. The molecular formula is C27H31FN2O4. The zero-order valence-corrected chi connectivity index (χ0v) is 20.1. The summed E-state index contributed by atoms with van der Waals surface area (Å²) in [6.45, 7) is 8.48. The van der Waals surface area contributed by atoms with E-state index in [0.717, 1.165) is 5.56 Å². The number of carbonyl (C=O) groups is 3. The van der Waals surface area contributed by atoms with Crippen molar-refractivity contribution in [2.45, 2.75) is 46.6 Å². The number of nitrogens with zero attached hydrogens (tertiary/aromatic N) is 1. The normalized spacial score (nSPS) is 16.1. The Kier molecular flexibility index (Phi) is 8.21. The fourth-order valence-corrected chi connectivity index (χ4v) is 4.05. The van der Waals surface area contributed by atoms with E-state index in [0.29, 0.717) is 34.9 Å². The fraction of sp³-hybridized carbons (Fsp3) is 0.370. The minimum absolute atomic E-state index is 0.0612. The molecule has 6 nitrogen and oxygen atoms in total. The van der Waals surface area contributed by atoms with E-state index >= 15 is 0 Å². The molecule has 1 unspecified atom stereocenters. The highest BCUT2D eigenvalue weighted by Crippen LogP contribution is 2.37. The molecule has 180 valence electrons. The Morgan fingerprint density at radius 3 is 2.53 bits per heavy atom. The van der Waals surface area contributed by atoms with Crippen LogP contribution in [0.2, 0.25) is 0 Å². The van der Waals surface area contributed by atoms with Gasteiger partial charge in [-0.15, -0.1) is 0 Å². The average Bonchev–Trinajstić information content (AvgIpc) is 2.80. The summed E-state index contributed by atoms with van der Waals surface area (Å²) in [5, 5.41) is 2.89. The molecule has 0 spiro atoms. The molecule has 0 aliphatic carbocycles. The van der Waals surface area contributed by atoms with Gasteiger partial charge < -0.3 is 15.0 Å². The second-order valence-electron chi connectivity index (χ2n) is 8.81. The molecule has 3 rings (SSSR count). The van der Waals surface area contributed by atoms with Gasteiger partial charge in [-0.25, -0.2) is 9.18 Å². The number of nitrogens with one attached hydrogen (secondary N) is 1. The number of rotatable bonds is 8. The molecule has 34 heavy (non-hydrogen) atoms. The highest BCUT2D eigenvalue weighted by molar-refractivity contribution is 5.96. The van der Waals surface area contributed by atoms with E-state index < -0.39 is 11.9 Å². The Morgan fingerprint density at radius 2 is 1.88 bits per heavy atom. The van der Waals surface area contributed by atoms with Crippen LogP contribution in [-0.2, 0) is 20.9 Å². The van der Waals surface area contributed by atoms with Gasteiger partial charge in [0.15, 0.2) is 0 Å². The lowest BCUT2D eigenvalue weighted by Crippen LogP contribution is -2.38. The third-order valence-electron chi connectivity index (χ3n) is 5.79. The van der Waals surface area contributed by atoms with E-state index in [-0.39, 0.29) is 37.2 Å². The summed E-state index contributed by atoms with van der Waals surface area (Å²) < 4.78 is 18.8. The van der Waals surface area contributed by atoms with Crippen LogP contribution in [0.15, 0.2) is 59.8 Å². The van der Waals surface area contributed by atoms with Crippen LogP contribution in [0.25, 0.3) is 0 Å². The molecule has 1 aliphatic heterocycles. The van der Waals surface area contributed by atoms with E-state index in [2.05, 4.69) is 5.32 Å². The van der Waals surface area contributed by atoms with Gasteiger partial charge in [0.25, 0.3) is 5.91 Å². The molecule has 1 aliphatic rings. The lowest BCUT2D eigenvalue weighted by Gasteiger charge is -2.34. The van der Waals surface area contributed by atoms with Crippen molar-refractivity contribution in [1.29, 1.82) is 0 Å². The van der Waals surface area contributed by atoms with Crippen molar-refractivity contribution < 1.29 is 23.5 Å². The third-order valence-corrected chi connectivity index (χ3v) is 5.79. The standard InChI is InChI=1S/C27H31FN2O4/c1-5-34-27(33)25-18(4)30(24(31)14-23(25)20-9-11-22(28)12-10-20)16-19-7-6-8-21(13-19)26(32)29-15-17(2)3/h6-13,17,23H,5,14-16H2,1-4H3,(H,29,32). The SMILES string of the molecule is CCOC(=O)C1=C(C)N(Cc2cccc(C(=O)NCC(C)C)c2)C(=O)CC1c1ccc(F)cc1. The van der Waals surface area contributed by atoms with Crippen LogP contribution in [0.1, 0.15) is 61.5 Å². The molecule has 1 atom stereocenters. The maximum absolute atomic E-state index is 13.5. The minimum atomic E-state index is -0.517. The zero-order valence-electron chi connectivity index (χ0n) is 20.1. The topological polar surface area (TPSA) is 75.7 Å². The predicted molar refractivity (Wildman–Crippen MR) is 127 cm³/mol. The number of ether oxygens (including phenoxy) is 1. The summed E-state index contributed by atoms with van der Waals surface area (Å²) in [6.07, 6.45) is 0.0612. The van der Waals surface area contributed by atoms with Crippen molar-refractivity contribution in [3.05, 3.63) is 82.3 Å². The molecule has 0 fully saturated rings. The summed E-state index contributed by atoms with van der Waals surface area (Å²) in [6, 6.07) is 12.9. The number of amides is 2. The van der Waals surface area contributed by atoms with Crippen molar-refractivity contribution in [1.82, 2.24) is 10.2 Å². The van der Waals surface area contributed by atoms with Gasteiger partial charge in [-0.1, -0.05) is 38.1 Å². The molecule has 0 radical (unpaired) electrons. The average molecular weight is 467 g/mol. The number of hydrogen-bond acceptors (Lipinski definition) is 4. The lowest BCUT2D eigenvalue weighted by molar-refractivity contribution is -0.140. The maximum atomic E-state index is 13.5. The van der Waals surface area contributed by atoms with E-state index in [4.69, 9.17) is 4.74 Å². The van der Waals surface area contributed by atoms with Gasteiger partial charge in [-0.3, -0.25) is 9.59 Å². The number of halogens is 1. The van der Waals surface area contributed by atoms with Gasteiger partial charge in [0, 0.05) is 30.1 Å². The predicted octanol–water partition coefficient (Wildman–Crippen LogP) is 4.56. The molecule has 0 saturated carbocycles. The van der Waals surface area contributed by atoms with Gasteiger partial charge in [0.2, 0.25) is 5.91 Å². The molecule has 1 N–H and O–H groups in total. The van der Waals surface area contributed by atoms with Gasteiger partial charge in [-0.05, 0) is 55.2 Å². The smallest absolute Gasteiger partial charge is 0.336 e. The van der Waals surface area contributed by atoms with E-state index in [1.165, 1.54) is 12.1 Å². The molecule has 0 saturated heterocycles. The first-order valence-electron chi connectivity index (χ1n) is 11.5. The van der Waals surface area contributed by atoms with Crippen molar-refractivity contribution in [3.8, 4) is 0 Å². The molecule has 2 aromatic carbocycles. The summed E-state index contributed by atoms with van der Waals surface area (Å²) >= 11 is 0. The number of benzene rings is 2. The molecule has 0 bridgehead atoms. The van der Waals surface area contributed by atoms with Crippen LogP contribution in [-0.4, -0.2) is 35.8 Å². The van der Waals surface area contributed by atoms with Crippen molar-refractivity contribution in [2.75, 3.05) is 13.2 Å². The largest absolute Gasteiger partial charge is 0.463 e. The fourth-order valence-electron chi connectivity index (χ4n) is 4.05. The Hall–Kier alpha value is -3.48. The monoisotopic (exact) mass is 466 g/mol. The second kappa shape index (κ2) is 11.1. The Labute approximate surface area is 199 Å². The van der Waals surface area contributed by atoms with Crippen LogP contribution < -0.4 is 5.32 Å². The maximum Gasteiger partial charge on any atom is 0.336 e. The summed E-state index contributed by atoms with van der Waals surface area (Å²) in [5.74, 6) is -1.39. The molecule has 1 heterocycles. The van der Waals surface area contributed by atoms with E-state index in [1.807, 2.05) is 19.9 Å². The number of esters is 1. The van der Waals surface area contributed by atoms with Gasteiger partial charge in [0.05, 0.1) is 18.7 Å². The first-order valence-corrected chi connectivity index (χ1v) is 11.5. The van der Waals surface area contributed by atoms with Crippen LogP contribution in [0, 0.1) is 11.7 Å². The van der Waals surface area contributed by atoms with Crippen molar-refractivity contribution in [3.63, 3.8) is 0 Å². The Morgan fingerprint density at radius 1 is 1.18 bits per heavy atom. The molecular weight excluding hydrogens is 435 g/mol. The van der Waals surface area contributed by atoms with Crippen LogP contribution in [0.3, 0.4) is 0 Å².